The zero-order valence-corrected chi connectivity index (χ0v) is 16.5. The molecular weight excluding hydrogens is 378 g/mol. The molecule has 1 unspecified atom stereocenters. The second-order valence-corrected chi connectivity index (χ2v) is 7.78. The number of nitrogens with one attached hydrogen (secondary N) is 2. The van der Waals surface area contributed by atoms with Gasteiger partial charge < -0.3 is 15.5 Å². The van der Waals surface area contributed by atoms with E-state index in [1.54, 1.807) is 12.3 Å². The fourth-order valence-electron chi connectivity index (χ4n) is 4.20. The standard InChI is InChI=1S/C23H23N5O2/c29-22(24-14-16-4-6-17(7-5-16)15-27-11-2-10-25-27)18-8-9-20-19(13-18)26-23(30)21-3-1-12-28(20)21/h2,4-11,13,21H,1,3,12,14-15H2,(H,24,29)(H,26,30). The first-order chi connectivity index (χ1) is 14.7. The molecule has 0 aliphatic carbocycles. The van der Waals surface area contributed by atoms with Gasteiger partial charge in [0.15, 0.2) is 0 Å². The number of rotatable bonds is 5. The molecule has 5 rings (SSSR count). The Bertz CT molecular complexity index is 1080. The van der Waals surface area contributed by atoms with Crippen LogP contribution in [-0.2, 0) is 17.9 Å². The Kier molecular flexibility index (Phi) is 4.71. The van der Waals surface area contributed by atoms with Crippen molar-refractivity contribution >= 4 is 23.2 Å². The van der Waals surface area contributed by atoms with Gasteiger partial charge in [-0.1, -0.05) is 24.3 Å². The summed E-state index contributed by atoms with van der Waals surface area (Å²) in [6, 6.07) is 15.5. The molecule has 1 saturated heterocycles. The van der Waals surface area contributed by atoms with Crippen LogP contribution in [0.15, 0.2) is 60.9 Å². The third-order valence-corrected chi connectivity index (χ3v) is 5.76. The highest BCUT2D eigenvalue weighted by atomic mass is 16.2. The van der Waals surface area contributed by atoms with Gasteiger partial charge in [0.25, 0.3) is 5.91 Å². The van der Waals surface area contributed by atoms with Gasteiger partial charge in [-0.15, -0.1) is 0 Å². The molecule has 1 atom stereocenters. The molecule has 0 radical (unpaired) electrons. The average Bonchev–Trinajstić information content (AvgIpc) is 3.45. The molecule has 0 saturated carbocycles. The third-order valence-electron chi connectivity index (χ3n) is 5.76. The maximum absolute atomic E-state index is 12.6. The second-order valence-electron chi connectivity index (χ2n) is 7.78. The molecule has 7 heteroatoms. The van der Waals surface area contributed by atoms with Gasteiger partial charge in [-0.2, -0.15) is 5.10 Å². The van der Waals surface area contributed by atoms with Crippen LogP contribution in [0.2, 0.25) is 0 Å². The van der Waals surface area contributed by atoms with Crippen LogP contribution in [0.4, 0.5) is 11.4 Å². The van der Waals surface area contributed by atoms with Crippen molar-refractivity contribution in [3.8, 4) is 0 Å². The van der Waals surface area contributed by atoms with E-state index in [1.807, 2.05) is 53.3 Å². The lowest BCUT2D eigenvalue weighted by Gasteiger charge is -2.33. The molecule has 30 heavy (non-hydrogen) atoms. The van der Waals surface area contributed by atoms with E-state index in [1.165, 1.54) is 0 Å². The number of amides is 2. The fourth-order valence-corrected chi connectivity index (χ4v) is 4.20. The van der Waals surface area contributed by atoms with Gasteiger partial charge in [0, 0.05) is 31.0 Å². The summed E-state index contributed by atoms with van der Waals surface area (Å²) < 4.78 is 1.87. The van der Waals surface area contributed by atoms with Crippen LogP contribution in [0, 0.1) is 0 Å². The van der Waals surface area contributed by atoms with Crippen LogP contribution in [-0.4, -0.2) is 34.2 Å². The number of aromatic nitrogens is 2. The third kappa shape index (κ3) is 3.54. The predicted octanol–water partition coefficient (Wildman–Crippen LogP) is 2.78. The number of anilines is 2. The van der Waals surface area contributed by atoms with E-state index in [-0.39, 0.29) is 17.9 Å². The van der Waals surface area contributed by atoms with Crippen LogP contribution in [0.5, 0.6) is 0 Å². The fraction of sp³-hybridized carbons (Fsp3) is 0.261. The highest BCUT2D eigenvalue weighted by molar-refractivity contribution is 6.06. The molecule has 2 N–H and O–H groups in total. The maximum atomic E-state index is 12.6. The van der Waals surface area contributed by atoms with E-state index in [0.29, 0.717) is 17.8 Å². The number of carbonyl (C=O) groups excluding carboxylic acids is 2. The lowest BCUT2D eigenvalue weighted by molar-refractivity contribution is -0.117. The van der Waals surface area contributed by atoms with Crippen LogP contribution in [0.3, 0.4) is 0 Å². The zero-order chi connectivity index (χ0) is 20.5. The summed E-state index contributed by atoms with van der Waals surface area (Å²) >= 11 is 0. The summed E-state index contributed by atoms with van der Waals surface area (Å²) in [5.41, 5.74) is 4.44. The smallest absolute Gasteiger partial charge is 0.251 e. The molecule has 2 aliphatic heterocycles. The highest BCUT2D eigenvalue weighted by Gasteiger charge is 2.36. The number of carbonyl (C=O) groups is 2. The molecule has 0 bridgehead atoms. The maximum Gasteiger partial charge on any atom is 0.251 e. The monoisotopic (exact) mass is 401 g/mol. The first-order valence-corrected chi connectivity index (χ1v) is 10.2. The first-order valence-electron chi connectivity index (χ1n) is 10.2. The molecule has 2 aromatic carbocycles. The van der Waals surface area contributed by atoms with Gasteiger partial charge in [0.05, 0.1) is 17.9 Å². The van der Waals surface area contributed by atoms with Gasteiger partial charge in [-0.25, -0.2) is 0 Å². The van der Waals surface area contributed by atoms with E-state index < -0.39 is 0 Å². The summed E-state index contributed by atoms with van der Waals surface area (Å²) in [4.78, 5) is 27.1. The number of fused-ring (bicyclic) bond motifs is 3. The minimum Gasteiger partial charge on any atom is -0.358 e. The Balaban J connectivity index is 1.23. The van der Waals surface area contributed by atoms with E-state index in [9.17, 15) is 9.59 Å². The summed E-state index contributed by atoms with van der Waals surface area (Å²) in [5.74, 6) is -0.135. The van der Waals surface area contributed by atoms with E-state index in [0.717, 1.165) is 42.7 Å². The Hall–Kier alpha value is -3.61. The van der Waals surface area contributed by atoms with Crippen LogP contribution >= 0.6 is 0 Å². The van der Waals surface area contributed by atoms with Crippen LogP contribution in [0.25, 0.3) is 0 Å². The van der Waals surface area contributed by atoms with Crippen molar-refractivity contribution in [3.05, 3.63) is 77.6 Å². The van der Waals surface area contributed by atoms with Crippen molar-refractivity contribution in [1.29, 1.82) is 0 Å². The highest BCUT2D eigenvalue weighted by Crippen LogP contribution is 2.37. The van der Waals surface area contributed by atoms with E-state index >= 15 is 0 Å². The van der Waals surface area contributed by atoms with Crippen molar-refractivity contribution < 1.29 is 9.59 Å². The SMILES string of the molecule is O=C(NCc1ccc(Cn2cccn2)cc1)c1ccc2c(c1)NC(=O)C1CCCN21. The Morgan fingerprint density at radius 1 is 1.17 bits per heavy atom. The molecule has 2 aliphatic rings. The van der Waals surface area contributed by atoms with Crippen molar-refractivity contribution in [2.45, 2.75) is 32.0 Å². The van der Waals surface area contributed by atoms with Gasteiger partial charge >= 0.3 is 0 Å². The van der Waals surface area contributed by atoms with Crippen LogP contribution in [0.1, 0.15) is 34.3 Å². The molecule has 1 aromatic heterocycles. The molecule has 1 fully saturated rings. The lowest BCUT2D eigenvalue weighted by atomic mass is 10.1. The van der Waals surface area contributed by atoms with Gasteiger partial charge in [-0.3, -0.25) is 14.3 Å². The van der Waals surface area contributed by atoms with E-state index in [2.05, 4.69) is 20.6 Å². The average molecular weight is 401 g/mol. The molecular formula is C23H23N5O2. The minimum absolute atomic E-state index is 0.0211. The molecule has 3 heterocycles. The summed E-state index contributed by atoms with van der Waals surface area (Å²) in [5, 5.41) is 10.1. The predicted molar refractivity (Wildman–Crippen MR) is 114 cm³/mol. The Labute approximate surface area is 174 Å². The van der Waals surface area contributed by atoms with Crippen molar-refractivity contribution in [2.75, 3.05) is 16.8 Å². The quantitative estimate of drug-likeness (QED) is 0.689. The van der Waals surface area contributed by atoms with E-state index in [4.69, 9.17) is 0 Å². The Morgan fingerprint density at radius 2 is 2.00 bits per heavy atom. The van der Waals surface area contributed by atoms with Gasteiger partial charge in [-0.05, 0) is 48.2 Å². The number of benzene rings is 2. The van der Waals surface area contributed by atoms with Crippen molar-refractivity contribution in [3.63, 3.8) is 0 Å². The molecule has 2 amide bonds. The van der Waals surface area contributed by atoms with Gasteiger partial charge in [0.2, 0.25) is 5.91 Å². The molecule has 152 valence electrons. The van der Waals surface area contributed by atoms with Crippen LogP contribution < -0.4 is 15.5 Å². The lowest BCUT2D eigenvalue weighted by Crippen LogP contribution is -2.44. The second kappa shape index (κ2) is 7.67. The van der Waals surface area contributed by atoms with Crippen molar-refractivity contribution in [1.82, 2.24) is 15.1 Å². The largest absolute Gasteiger partial charge is 0.358 e. The van der Waals surface area contributed by atoms with Gasteiger partial charge in [0.1, 0.15) is 6.04 Å². The molecule has 3 aromatic rings. The number of hydrogen-bond donors (Lipinski definition) is 2. The number of nitrogens with zero attached hydrogens (tertiary/aromatic N) is 3. The minimum atomic E-state index is -0.156. The Morgan fingerprint density at radius 3 is 2.80 bits per heavy atom. The summed E-state index contributed by atoms with van der Waals surface area (Å²) in [6.07, 6.45) is 5.59. The van der Waals surface area contributed by atoms with Crippen molar-refractivity contribution in [2.24, 2.45) is 0 Å². The topological polar surface area (TPSA) is 79.3 Å². The first kappa shape index (κ1) is 18.4. The molecule has 7 nitrogen and oxygen atoms in total. The normalized spacial score (nSPS) is 17.3. The summed E-state index contributed by atoms with van der Waals surface area (Å²) in [6.45, 7) is 2.05. The zero-order valence-electron chi connectivity index (χ0n) is 16.5. The number of hydrogen-bond acceptors (Lipinski definition) is 4. The summed E-state index contributed by atoms with van der Waals surface area (Å²) in [7, 11) is 0. The molecule has 0 spiro atoms.